The number of hydrogen-bond donors (Lipinski definition) is 4. The van der Waals surface area contributed by atoms with E-state index < -0.39 is 83.4 Å². The van der Waals surface area contributed by atoms with E-state index in [1.54, 1.807) is 118 Å². The summed E-state index contributed by atoms with van der Waals surface area (Å²) < 4.78 is 23.4. The average molecular weight is 997 g/mol. The predicted molar refractivity (Wildman–Crippen MR) is 274 cm³/mol. The number of anilines is 1. The SMILES string of the molecule is COC(=O)C(NC(=O)N1C(=O)C2(c3cc(C#Cc4ccc(OC)cc4)ccc31)C(C(=O)NCC(O)c1ccccc1)C1C(=O)OC(c3ccccc3)C(c3ccccc3)N1C2c1ccccc1OCCO)C(C)C. The largest absolute Gasteiger partial charge is 0.497 e. The van der Waals surface area contributed by atoms with Crippen LogP contribution in [0.25, 0.3) is 0 Å². The molecule has 8 atom stereocenters. The summed E-state index contributed by atoms with van der Waals surface area (Å²) in [6.07, 6.45) is -2.23. The van der Waals surface area contributed by atoms with E-state index in [-0.39, 0.29) is 36.8 Å². The number of carbonyl (C=O) groups is 5. The maximum absolute atomic E-state index is 16.8. The number of aliphatic hydroxyl groups is 2. The highest BCUT2D eigenvalue weighted by molar-refractivity contribution is 6.25. The van der Waals surface area contributed by atoms with Gasteiger partial charge < -0.3 is 39.8 Å². The molecule has 15 nitrogen and oxygen atoms in total. The summed E-state index contributed by atoms with van der Waals surface area (Å²) in [5.41, 5.74) is 1.15. The molecule has 3 aliphatic rings. The normalized spacial score (nSPS) is 21.6. The number of nitrogens with one attached hydrogen (secondary N) is 2. The van der Waals surface area contributed by atoms with Crippen LogP contribution in [0.4, 0.5) is 10.5 Å². The fraction of sp³-hybridized carbons (Fsp3) is 0.271. The minimum Gasteiger partial charge on any atom is -0.497 e. The third kappa shape index (κ3) is 9.35. The number of benzene rings is 6. The minimum atomic E-state index is -2.24. The summed E-state index contributed by atoms with van der Waals surface area (Å²) in [6, 6.07) is 40.1. The van der Waals surface area contributed by atoms with Gasteiger partial charge in [-0.25, -0.2) is 14.5 Å². The Kier molecular flexibility index (Phi) is 14.9. The first-order valence-electron chi connectivity index (χ1n) is 24.4. The number of rotatable bonds is 14. The molecular formula is C59H56N4O11. The molecule has 0 saturated carbocycles. The summed E-state index contributed by atoms with van der Waals surface area (Å²) in [7, 11) is 2.76. The minimum absolute atomic E-state index is 0.0554. The van der Waals surface area contributed by atoms with Gasteiger partial charge in [0.25, 0.3) is 0 Å². The number of ether oxygens (including phenoxy) is 4. The van der Waals surface area contributed by atoms with Crippen molar-refractivity contribution in [2.75, 3.05) is 38.9 Å². The zero-order chi connectivity index (χ0) is 52.1. The standard InChI is InChI=1S/C59H56N4O11/c1-36(2)49(55(67)72-4)61-58(70)62-45-31-28-38(25-24-37-26-29-42(71-3)30-27-37)34-44(45)59(57(62)69)48(54(66)60-35-46(65)39-16-8-5-9-17-39)51-56(68)74-52(41-20-12-7-13-21-41)50(40-18-10-6-11-19-40)63(51)53(59)43-22-14-15-23-47(43)73-33-32-64/h5-23,26-31,34,36,46,48-53,64-65H,32-33,35H2,1-4H3,(H,60,66)(H,61,70). The molecule has 15 heteroatoms. The Morgan fingerprint density at radius 2 is 1.39 bits per heavy atom. The third-order valence-corrected chi connectivity index (χ3v) is 14.0. The Labute approximate surface area is 429 Å². The van der Waals surface area contributed by atoms with Crippen LogP contribution in [0.2, 0.25) is 0 Å². The van der Waals surface area contributed by atoms with E-state index in [0.29, 0.717) is 39.1 Å². The quantitative estimate of drug-likeness (QED) is 0.0654. The highest BCUT2D eigenvalue weighted by Gasteiger charge is 2.76. The Morgan fingerprint density at radius 1 is 0.770 bits per heavy atom. The number of fused-ring (bicyclic) bond motifs is 3. The van der Waals surface area contributed by atoms with Crippen LogP contribution in [0.3, 0.4) is 0 Å². The Morgan fingerprint density at radius 3 is 2.04 bits per heavy atom. The van der Waals surface area contributed by atoms with Crippen LogP contribution in [0.15, 0.2) is 158 Å². The van der Waals surface area contributed by atoms with Gasteiger partial charge in [-0.2, -0.15) is 0 Å². The first-order valence-corrected chi connectivity index (χ1v) is 24.4. The van der Waals surface area contributed by atoms with Crippen LogP contribution in [0, 0.1) is 23.7 Å². The number of methoxy groups -OCH3 is 2. The van der Waals surface area contributed by atoms with E-state index in [0.717, 1.165) is 4.90 Å². The number of aliphatic hydroxyl groups excluding tert-OH is 2. The zero-order valence-corrected chi connectivity index (χ0v) is 41.2. The van der Waals surface area contributed by atoms with Crippen molar-refractivity contribution >= 4 is 35.5 Å². The van der Waals surface area contributed by atoms with Crippen LogP contribution in [-0.4, -0.2) is 91.0 Å². The number of imide groups is 1. The van der Waals surface area contributed by atoms with Crippen molar-refractivity contribution in [3.63, 3.8) is 0 Å². The van der Waals surface area contributed by atoms with Crippen LogP contribution < -0.4 is 25.0 Å². The van der Waals surface area contributed by atoms with E-state index in [1.165, 1.54) is 7.11 Å². The predicted octanol–water partition coefficient (Wildman–Crippen LogP) is 6.89. The van der Waals surface area contributed by atoms with Crippen molar-refractivity contribution < 1.29 is 53.1 Å². The number of cyclic esters (lactones) is 1. The second kappa shape index (κ2) is 21.8. The Balaban J connectivity index is 1.36. The highest BCUT2D eigenvalue weighted by atomic mass is 16.6. The molecule has 0 aliphatic carbocycles. The molecular weight excluding hydrogens is 941 g/mol. The molecule has 0 aromatic heterocycles. The van der Waals surface area contributed by atoms with Crippen LogP contribution >= 0.6 is 0 Å². The molecule has 74 heavy (non-hydrogen) atoms. The van der Waals surface area contributed by atoms with Gasteiger partial charge in [0.1, 0.15) is 41.7 Å². The molecule has 9 rings (SSSR count). The van der Waals surface area contributed by atoms with Gasteiger partial charge in [0.2, 0.25) is 11.8 Å². The number of para-hydroxylation sites is 1. The average Bonchev–Trinajstić information content (AvgIpc) is 3.89. The van der Waals surface area contributed by atoms with Crippen molar-refractivity contribution in [1.82, 2.24) is 15.5 Å². The first-order chi connectivity index (χ1) is 35.9. The molecule has 2 saturated heterocycles. The lowest BCUT2D eigenvalue weighted by Gasteiger charge is -2.46. The molecule has 3 aliphatic heterocycles. The summed E-state index contributed by atoms with van der Waals surface area (Å²) in [6.45, 7) is 2.57. The second-order valence-corrected chi connectivity index (χ2v) is 18.6. The van der Waals surface area contributed by atoms with E-state index in [1.807, 2.05) is 65.6 Å². The number of urea groups is 1. The van der Waals surface area contributed by atoms with Crippen molar-refractivity contribution in [3.05, 3.63) is 197 Å². The maximum Gasteiger partial charge on any atom is 0.329 e. The summed E-state index contributed by atoms with van der Waals surface area (Å²) >= 11 is 0. The summed E-state index contributed by atoms with van der Waals surface area (Å²) in [4.78, 5) is 79.6. The van der Waals surface area contributed by atoms with E-state index in [2.05, 4.69) is 22.5 Å². The molecule has 2 fully saturated rings. The number of esters is 2. The number of morpholine rings is 1. The van der Waals surface area contributed by atoms with E-state index in [9.17, 15) is 15.0 Å². The van der Waals surface area contributed by atoms with Crippen LogP contribution in [0.1, 0.15) is 77.1 Å². The molecule has 8 unspecified atom stereocenters. The van der Waals surface area contributed by atoms with Gasteiger partial charge in [-0.15, -0.1) is 0 Å². The molecule has 4 amide bonds. The van der Waals surface area contributed by atoms with Gasteiger partial charge >= 0.3 is 18.0 Å². The maximum atomic E-state index is 16.8. The van der Waals surface area contributed by atoms with Crippen LogP contribution in [-0.2, 0) is 34.1 Å². The molecule has 6 aromatic rings. The Hall–Kier alpha value is -8.29. The number of amides is 4. The molecule has 1 spiro atoms. The highest BCUT2D eigenvalue weighted by Crippen LogP contribution is 2.66. The summed E-state index contributed by atoms with van der Waals surface area (Å²) in [5.74, 6) is 1.75. The third-order valence-electron chi connectivity index (χ3n) is 14.0. The summed E-state index contributed by atoms with van der Waals surface area (Å²) in [5, 5.41) is 27.4. The lowest BCUT2D eigenvalue weighted by atomic mass is 9.65. The zero-order valence-electron chi connectivity index (χ0n) is 41.2. The Bertz CT molecular complexity index is 3090. The van der Waals surface area contributed by atoms with Crippen molar-refractivity contribution in [3.8, 4) is 23.3 Å². The lowest BCUT2D eigenvalue weighted by Crippen LogP contribution is -2.58. The molecule has 6 aromatic carbocycles. The molecule has 0 radical (unpaired) electrons. The van der Waals surface area contributed by atoms with Gasteiger partial charge in [0.15, 0.2) is 0 Å². The molecule has 378 valence electrons. The van der Waals surface area contributed by atoms with Gasteiger partial charge in [-0.05, 0) is 76.7 Å². The fourth-order valence-electron chi connectivity index (χ4n) is 10.7. The van der Waals surface area contributed by atoms with Crippen molar-refractivity contribution in [2.24, 2.45) is 11.8 Å². The van der Waals surface area contributed by atoms with Gasteiger partial charge in [0.05, 0.1) is 50.6 Å². The molecule has 0 bridgehead atoms. The smallest absolute Gasteiger partial charge is 0.329 e. The van der Waals surface area contributed by atoms with E-state index >= 15 is 19.2 Å². The lowest BCUT2D eigenvalue weighted by molar-refractivity contribution is -0.178. The number of hydrogen-bond acceptors (Lipinski definition) is 12. The van der Waals surface area contributed by atoms with Gasteiger partial charge in [0, 0.05) is 23.2 Å². The molecule has 3 heterocycles. The van der Waals surface area contributed by atoms with Crippen molar-refractivity contribution in [2.45, 2.75) is 55.6 Å². The second-order valence-electron chi connectivity index (χ2n) is 18.6. The van der Waals surface area contributed by atoms with Crippen molar-refractivity contribution in [1.29, 1.82) is 0 Å². The van der Waals surface area contributed by atoms with Gasteiger partial charge in [-0.3, -0.25) is 19.3 Å². The first kappa shape index (κ1) is 50.6. The fourth-order valence-corrected chi connectivity index (χ4v) is 10.7. The van der Waals surface area contributed by atoms with E-state index in [4.69, 9.17) is 18.9 Å². The number of carbonyl (C=O) groups excluding carboxylic acids is 5. The monoisotopic (exact) mass is 996 g/mol. The number of nitrogens with zero attached hydrogens (tertiary/aromatic N) is 2. The topological polar surface area (TPSA) is 193 Å². The molecule has 4 N–H and O–H groups in total. The van der Waals surface area contributed by atoms with Gasteiger partial charge in [-0.1, -0.05) is 135 Å². The van der Waals surface area contributed by atoms with Crippen LogP contribution in [0.5, 0.6) is 11.5 Å².